The van der Waals surface area contributed by atoms with Crippen LogP contribution in [0.5, 0.6) is 0 Å². The summed E-state index contributed by atoms with van der Waals surface area (Å²) in [6, 6.07) is 15.7. The van der Waals surface area contributed by atoms with Crippen LogP contribution in [0, 0.1) is 23.0 Å². The first-order chi connectivity index (χ1) is 19.4. The average Bonchev–Trinajstić information content (AvgIpc) is 2.98. The average molecular weight is 567 g/mol. The second-order valence-electron chi connectivity index (χ2n) is 10.3. The number of halogens is 3. The minimum atomic E-state index is -0.953. The lowest BCUT2D eigenvalue weighted by Crippen LogP contribution is -2.53. The Balaban J connectivity index is 0.00000387. The highest BCUT2D eigenvalue weighted by Crippen LogP contribution is 2.27. The molecule has 1 amide bonds. The van der Waals surface area contributed by atoms with Gasteiger partial charge in [0.05, 0.1) is 22.2 Å². The number of nitrogens with one attached hydrogen (secondary N) is 1. The fourth-order valence-electron chi connectivity index (χ4n) is 5.41. The molecule has 0 unspecified atom stereocenters. The molecule has 2 fully saturated rings. The molecule has 3 aromatic rings. The second kappa shape index (κ2) is 12.7. The quantitative estimate of drug-likeness (QED) is 0.441. The number of anilines is 1. The van der Waals surface area contributed by atoms with Gasteiger partial charge in [0.1, 0.15) is 5.82 Å². The number of hydrogen-bond acceptors (Lipinski definition) is 6. The summed E-state index contributed by atoms with van der Waals surface area (Å²) < 4.78 is 26.5. The zero-order valence-electron chi connectivity index (χ0n) is 22.1. The molecular formula is C30H33ClF2N6O. The van der Waals surface area contributed by atoms with Crippen molar-refractivity contribution >= 4 is 23.3 Å². The molecule has 0 aliphatic carbocycles. The number of nitrogens with zero attached hydrogens (tertiary/aromatic N) is 5. The number of hydrogen-bond donors (Lipinski definition) is 1. The molecular weight excluding hydrogens is 534 g/mol. The summed E-state index contributed by atoms with van der Waals surface area (Å²) in [6.45, 7) is 6.54. The van der Waals surface area contributed by atoms with E-state index in [0.717, 1.165) is 70.8 Å². The number of piperazine rings is 1. The molecule has 7 nitrogen and oxygen atoms in total. The molecule has 2 aromatic carbocycles. The number of piperidine rings is 1. The van der Waals surface area contributed by atoms with E-state index in [1.54, 1.807) is 6.07 Å². The highest BCUT2D eigenvalue weighted by molar-refractivity contribution is 6.33. The number of pyridine rings is 1. The SMILES string of the molecule is N#Cc1ccc(CN2CCC(N3CCN(c4ncc(C(=O)NCc5ccc(F)c(F)c5)cc4Cl)CC3)CC2)cc1.[HH]. The van der Waals surface area contributed by atoms with Crippen LogP contribution in [-0.2, 0) is 13.1 Å². The van der Waals surface area contributed by atoms with Gasteiger partial charge in [-0.1, -0.05) is 29.8 Å². The molecule has 210 valence electrons. The third kappa shape index (κ3) is 6.76. The number of aromatic nitrogens is 1. The first kappa shape index (κ1) is 28.0. The van der Waals surface area contributed by atoms with E-state index in [9.17, 15) is 13.6 Å². The standard InChI is InChI=1S/C30H31ClF2N6O.H2/c31-26-16-24(30(40)36-18-23-5-6-27(32)28(33)15-23)19-35-29(26)39-13-11-38(12-14-39)25-7-9-37(10-8-25)20-22-3-1-21(17-34)2-4-22;/h1-6,15-16,19,25H,7-14,18,20H2,(H,36,40);1H. The van der Waals surface area contributed by atoms with E-state index in [1.807, 2.05) is 24.3 Å². The Morgan fingerprint density at radius 1 is 1.00 bits per heavy atom. The van der Waals surface area contributed by atoms with Crippen LogP contribution in [0.15, 0.2) is 54.7 Å². The number of rotatable bonds is 7. The Morgan fingerprint density at radius 2 is 1.70 bits per heavy atom. The summed E-state index contributed by atoms with van der Waals surface area (Å²) in [5.41, 5.74) is 2.69. The fraction of sp³-hybridized carbons (Fsp3) is 0.367. The minimum absolute atomic E-state index is 0. The van der Waals surface area contributed by atoms with E-state index < -0.39 is 11.6 Å². The van der Waals surface area contributed by atoms with Crippen molar-refractivity contribution in [3.63, 3.8) is 0 Å². The Bertz CT molecular complexity index is 1390. The van der Waals surface area contributed by atoms with Crippen LogP contribution in [0.4, 0.5) is 14.6 Å². The molecule has 40 heavy (non-hydrogen) atoms. The van der Waals surface area contributed by atoms with Crippen molar-refractivity contribution in [3.8, 4) is 6.07 Å². The zero-order chi connectivity index (χ0) is 28.1. The van der Waals surface area contributed by atoms with E-state index >= 15 is 0 Å². The van der Waals surface area contributed by atoms with Crippen molar-refractivity contribution in [3.05, 3.63) is 93.6 Å². The third-order valence-electron chi connectivity index (χ3n) is 7.70. The van der Waals surface area contributed by atoms with Gasteiger partial charge < -0.3 is 10.2 Å². The van der Waals surface area contributed by atoms with Gasteiger partial charge in [0.2, 0.25) is 0 Å². The highest BCUT2D eigenvalue weighted by atomic mass is 35.5. The van der Waals surface area contributed by atoms with Gasteiger partial charge in [0, 0.05) is 52.9 Å². The molecule has 2 saturated heterocycles. The molecule has 0 saturated carbocycles. The number of likely N-dealkylation sites (tertiary alicyclic amines) is 1. The normalized spacial score (nSPS) is 17.0. The predicted molar refractivity (Wildman–Crippen MR) is 152 cm³/mol. The molecule has 0 spiro atoms. The molecule has 0 atom stereocenters. The number of amides is 1. The van der Waals surface area contributed by atoms with Gasteiger partial charge in [0.25, 0.3) is 5.91 Å². The van der Waals surface area contributed by atoms with Gasteiger partial charge in [-0.15, -0.1) is 0 Å². The van der Waals surface area contributed by atoms with Crippen LogP contribution in [0.2, 0.25) is 5.02 Å². The zero-order valence-corrected chi connectivity index (χ0v) is 22.9. The molecule has 10 heteroatoms. The summed E-state index contributed by atoms with van der Waals surface area (Å²) in [4.78, 5) is 24.2. The van der Waals surface area contributed by atoms with E-state index in [0.29, 0.717) is 33.6 Å². The van der Waals surface area contributed by atoms with Gasteiger partial charge in [-0.25, -0.2) is 13.8 Å². The van der Waals surface area contributed by atoms with Crippen LogP contribution >= 0.6 is 11.6 Å². The van der Waals surface area contributed by atoms with E-state index in [4.69, 9.17) is 16.9 Å². The van der Waals surface area contributed by atoms with Crippen LogP contribution in [-0.4, -0.2) is 66.0 Å². The van der Waals surface area contributed by atoms with Crippen LogP contribution in [0.3, 0.4) is 0 Å². The Morgan fingerprint density at radius 3 is 2.35 bits per heavy atom. The minimum Gasteiger partial charge on any atom is -0.353 e. The van der Waals surface area contributed by atoms with E-state index in [-0.39, 0.29) is 13.9 Å². The Kier molecular flexibility index (Phi) is 8.90. The Hall–Kier alpha value is -3.58. The molecule has 2 aliphatic heterocycles. The maximum atomic E-state index is 13.4. The smallest absolute Gasteiger partial charge is 0.253 e. The van der Waals surface area contributed by atoms with Crippen molar-refractivity contribution in [2.24, 2.45) is 0 Å². The lowest BCUT2D eigenvalue weighted by molar-refractivity contribution is 0.0950. The lowest BCUT2D eigenvalue weighted by Gasteiger charge is -2.43. The molecule has 0 bridgehead atoms. The molecule has 1 aromatic heterocycles. The van der Waals surface area contributed by atoms with Gasteiger partial charge >= 0.3 is 0 Å². The van der Waals surface area contributed by atoms with Gasteiger partial charge in [-0.05, 0) is 67.4 Å². The van der Waals surface area contributed by atoms with Crippen molar-refractivity contribution < 1.29 is 15.0 Å². The summed E-state index contributed by atoms with van der Waals surface area (Å²) in [5, 5.41) is 12.1. The number of benzene rings is 2. The van der Waals surface area contributed by atoms with Gasteiger partial charge in [-0.3, -0.25) is 14.6 Å². The lowest BCUT2D eigenvalue weighted by atomic mass is 10.0. The molecule has 0 radical (unpaired) electrons. The first-order valence-electron chi connectivity index (χ1n) is 13.5. The van der Waals surface area contributed by atoms with Crippen molar-refractivity contribution in [2.75, 3.05) is 44.2 Å². The fourth-order valence-corrected chi connectivity index (χ4v) is 5.69. The monoisotopic (exact) mass is 566 g/mol. The molecule has 3 heterocycles. The number of carbonyl (C=O) groups is 1. The van der Waals surface area contributed by atoms with E-state index in [1.165, 1.54) is 17.8 Å². The largest absolute Gasteiger partial charge is 0.353 e. The van der Waals surface area contributed by atoms with Crippen molar-refractivity contribution in [1.82, 2.24) is 20.1 Å². The third-order valence-corrected chi connectivity index (χ3v) is 7.98. The molecule has 5 rings (SSSR count). The first-order valence-corrected chi connectivity index (χ1v) is 13.9. The van der Waals surface area contributed by atoms with Gasteiger partial charge in [-0.2, -0.15) is 5.26 Å². The van der Waals surface area contributed by atoms with E-state index in [2.05, 4.69) is 31.1 Å². The van der Waals surface area contributed by atoms with Crippen LogP contribution < -0.4 is 10.2 Å². The highest BCUT2D eigenvalue weighted by Gasteiger charge is 2.28. The maximum Gasteiger partial charge on any atom is 0.253 e. The maximum absolute atomic E-state index is 13.4. The van der Waals surface area contributed by atoms with Crippen molar-refractivity contribution in [1.29, 1.82) is 5.26 Å². The number of nitriles is 1. The predicted octanol–water partition coefficient (Wildman–Crippen LogP) is 4.85. The van der Waals surface area contributed by atoms with Crippen molar-refractivity contribution in [2.45, 2.75) is 32.0 Å². The van der Waals surface area contributed by atoms with Crippen LogP contribution in [0.1, 0.15) is 41.3 Å². The molecule has 1 N–H and O–H groups in total. The topological polar surface area (TPSA) is 75.5 Å². The number of carbonyl (C=O) groups excluding carboxylic acids is 1. The summed E-state index contributed by atoms with van der Waals surface area (Å²) in [5.74, 6) is -1.60. The molecule has 2 aliphatic rings. The van der Waals surface area contributed by atoms with Gasteiger partial charge in [0.15, 0.2) is 11.6 Å². The second-order valence-corrected chi connectivity index (χ2v) is 10.7. The summed E-state index contributed by atoms with van der Waals surface area (Å²) in [7, 11) is 0. The van der Waals surface area contributed by atoms with Crippen LogP contribution in [0.25, 0.3) is 0 Å². The summed E-state index contributed by atoms with van der Waals surface area (Å²) in [6.07, 6.45) is 3.76. The summed E-state index contributed by atoms with van der Waals surface area (Å²) >= 11 is 6.54. The Labute approximate surface area is 239 Å².